The maximum Gasteiger partial charge on any atom is 0.163 e. The van der Waals surface area contributed by atoms with Gasteiger partial charge in [-0.15, -0.1) is 0 Å². The number of hydrogen-bond acceptors (Lipinski definition) is 2. The highest BCUT2D eigenvalue weighted by molar-refractivity contribution is 5.98. The van der Waals surface area contributed by atoms with Gasteiger partial charge in [0.1, 0.15) is 5.75 Å². The summed E-state index contributed by atoms with van der Waals surface area (Å²) < 4.78 is 5.83. The van der Waals surface area contributed by atoms with Crippen molar-refractivity contribution in [1.29, 1.82) is 0 Å². The molecule has 114 valence electrons. The highest BCUT2D eigenvalue weighted by Gasteiger charge is 2.29. The monoisotopic (exact) mass is 294 g/mol. The van der Waals surface area contributed by atoms with Gasteiger partial charge in [0, 0.05) is 23.5 Å². The van der Waals surface area contributed by atoms with E-state index < -0.39 is 0 Å². The molecular weight excluding hydrogens is 272 g/mol. The molecule has 0 aromatic heterocycles. The normalized spacial score (nSPS) is 16.1. The Labute approximate surface area is 132 Å². The summed E-state index contributed by atoms with van der Waals surface area (Å²) in [6.07, 6.45) is 3.55. The standard InChI is InChI=1S/C20H22O2/c1-2-3-11-18(21)17-10-7-12-19-20(17)16(14-22-19)13-15-8-5-4-6-9-15/h4-10,12,16H,2-3,11,13-14H2,1H3/t16-/m1/s1. The molecule has 0 N–H and O–H groups in total. The number of benzene rings is 2. The van der Waals surface area contributed by atoms with E-state index in [2.05, 4.69) is 31.2 Å². The van der Waals surface area contributed by atoms with Crippen molar-refractivity contribution in [2.75, 3.05) is 6.61 Å². The summed E-state index contributed by atoms with van der Waals surface area (Å²) in [5.74, 6) is 1.42. The highest BCUT2D eigenvalue weighted by Crippen LogP contribution is 2.38. The number of ketones is 1. The van der Waals surface area contributed by atoms with Crippen LogP contribution in [0.15, 0.2) is 48.5 Å². The van der Waals surface area contributed by atoms with E-state index in [9.17, 15) is 4.79 Å². The molecule has 0 unspecified atom stereocenters. The van der Waals surface area contributed by atoms with Crippen LogP contribution in [0.3, 0.4) is 0 Å². The molecule has 1 heterocycles. The van der Waals surface area contributed by atoms with Crippen molar-refractivity contribution in [3.8, 4) is 5.75 Å². The number of ether oxygens (including phenoxy) is 1. The van der Waals surface area contributed by atoms with Crippen LogP contribution < -0.4 is 4.74 Å². The Balaban J connectivity index is 1.87. The lowest BCUT2D eigenvalue weighted by molar-refractivity contribution is 0.0978. The van der Waals surface area contributed by atoms with Crippen molar-refractivity contribution in [3.63, 3.8) is 0 Å². The molecule has 1 aliphatic heterocycles. The minimum atomic E-state index is 0.252. The van der Waals surface area contributed by atoms with Crippen LogP contribution in [0.2, 0.25) is 0 Å². The minimum Gasteiger partial charge on any atom is -0.493 e. The van der Waals surface area contributed by atoms with Crippen molar-refractivity contribution in [3.05, 3.63) is 65.2 Å². The largest absolute Gasteiger partial charge is 0.493 e. The van der Waals surface area contributed by atoms with Gasteiger partial charge in [-0.05, 0) is 24.5 Å². The van der Waals surface area contributed by atoms with Crippen LogP contribution in [0.5, 0.6) is 5.75 Å². The predicted octanol–water partition coefficient (Wildman–Crippen LogP) is 4.78. The van der Waals surface area contributed by atoms with Gasteiger partial charge in [0.05, 0.1) is 6.61 Å². The van der Waals surface area contributed by atoms with Crippen LogP contribution in [0.4, 0.5) is 0 Å². The number of unbranched alkanes of at least 4 members (excludes halogenated alkanes) is 1. The Morgan fingerprint density at radius 2 is 1.95 bits per heavy atom. The molecule has 0 aliphatic carbocycles. The maximum atomic E-state index is 12.5. The van der Waals surface area contributed by atoms with Crippen molar-refractivity contribution in [2.45, 2.75) is 38.5 Å². The number of fused-ring (bicyclic) bond motifs is 1. The fourth-order valence-electron chi connectivity index (χ4n) is 3.14. The fourth-order valence-corrected chi connectivity index (χ4v) is 3.14. The van der Waals surface area contributed by atoms with E-state index in [4.69, 9.17) is 4.74 Å². The zero-order chi connectivity index (χ0) is 15.4. The summed E-state index contributed by atoms with van der Waals surface area (Å²) in [5.41, 5.74) is 3.27. The molecule has 0 fully saturated rings. The SMILES string of the molecule is CCCCC(=O)c1cccc2c1[C@H](Cc1ccccc1)CO2. The first-order chi connectivity index (χ1) is 10.8. The lowest BCUT2D eigenvalue weighted by Gasteiger charge is -2.13. The van der Waals surface area contributed by atoms with E-state index in [-0.39, 0.29) is 11.7 Å². The molecule has 0 saturated heterocycles. The van der Waals surface area contributed by atoms with E-state index in [0.717, 1.165) is 36.1 Å². The highest BCUT2D eigenvalue weighted by atomic mass is 16.5. The van der Waals surface area contributed by atoms with Crippen LogP contribution in [0.25, 0.3) is 0 Å². The molecule has 1 aliphatic rings. The fraction of sp³-hybridized carbons (Fsp3) is 0.350. The number of carbonyl (C=O) groups excluding carboxylic acids is 1. The van der Waals surface area contributed by atoms with Crippen LogP contribution >= 0.6 is 0 Å². The van der Waals surface area contributed by atoms with Gasteiger partial charge in [0.15, 0.2) is 5.78 Å². The third-order valence-electron chi connectivity index (χ3n) is 4.30. The summed E-state index contributed by atoms with van der Waals surface area (Å²) in [7, 11) is 0. The van der Waals surface area contributed by atoms with E-state index >= 15 is 0 Å². The first-order valence-electron chi connectivity index (χ1n) is 8.12. The molecule has 0 amide bonds. The van der Waals surface area contributed by atoms with Gasteiger partial charge >= 0.3 is 0 Å². The topological polar surface area (TPSA) is 26.3 Å². The Morgan fingerprint density at radius 1 is 1.14 bits per heavy atom. The Bertz CT molecular complexity index is 646. The molecule has 22 heavy (non-hydrogen) atoms. The third kappa shape index (κ3) is 3.06. The first kappa shape index (κ1) is 14.8. The number of rotatable bonds is 6. The van der Waals surface area contributed by atoms with E-state index in [1.807, 2.05) is 24.3 Å². The molecule has 0 spiro atoms. The number of carbonyl (C=O) groups is 1. The molecule has 1 atom stereocenters. The summed E-state index contributed by atoms with van der Waals surface area (Å²) >= 11 is 0. The van der Waals surface area contributed by atoms with E-state index in [0.29, 0.717) is 13.0 Å². The van der Waals surface area contributed by atoms with E-state index in [1.165, 1.54) is 5.56 Å². The van der Waals surface area contributed by atoms with E-state index in [1.54, 1.807) is 0 Å². The molecule has 2 aromatic carbocycles. The average molecular weight is 294 g/mol. The molecule has 2 nitrogen and oxygen atoms in total. The van der Waals surface area contributed by atoms with Crippen LogP contribution in [0, 0.1) is 0 Å². The number of Topliss-reactive ketones (excluding diaryl/α,β-unsaturated/α-hetero) is 1. The van der Waals surface area contributed by atoms with Crippen molar-refractivity contribution < 1.29 is 9.53 Å². The van der Waals surface area contributed by atoms with Gasteiger partial charge in [-0.1, -0.05) is 55.8 Å². The first-order valence-corrected chi connectivity index (χ1v) is 8.12. The Hall–Kier alpha value is -2.09. The molecular formula is C20H22O2. The Kier molecular flexibility index (Phi) is 4.57. The molecule has 2 heteroatoms. The smallest absolute Gasteiger partial charge is 0.163 e. The summed E-state index contributed by atoms with van der Waals surface area (Å²) in [4.78, 5) is 12.5. The van der Waals surface area contributed by atoms with Crippen LogP contribution in [-0.4, -0.2) is 12.4 Å². The van der Waals surface area contributed by atoms with Crippen molar-refractivity contribution >= 4 is 5.78 Å². The maximum absolute atomic E-state index is 12.5. The van der Waals surface area contributed by atoms with Gasteiger partial charge < -0.3 is 4.74 Å². The molecule has 2 aromatic rings. The lowest BCUT2D eigenvalue weighted by atomic mass is 9.88. The third-order valence-corrected chi connectivity index (χ3v) is 4.30. The molecule has 3 rings (SSSR count). The predicted molar refractivity (Wildman–Crippen MR) is 88.7 cm³/mol. The van der Waals surface area contributed by atoms with Gasteiger partial charge in [0.2, 0.25) is 0 Å². The quantitative estimate of drug-likeness (QED) is 0.717. The second kappa shape index (κ2) is 6.78. The van der Waals surface area contributed by atoms with Gasteiger partial charge in [-0.2, -0.15) is 0 Å². The van der Waals surface area contributed by atoms with Gasteiger partial charge in [0.25, 0.3) is 0 Å². The lowest BCUT2D eigenvalue weighted by Crippen LogP contribution is -2.09. The van der Waals surface area contributed by atoms with Gasteiger partial charge in [-0.25, -0.2) is 0 Å². The van der Waals surface area contributed by atoms with Gasteiger partial charge in [-0.3, -0.25) is 4.79 Å². The zero-order valence-corrected chi connectivity index (χ0v) is 13.0. The molecule has 0 radical (unpaired) electrons. The van der Waals surface area contributed by atoms with Crippen LogP contribution in [-0.2, 0) is 6.42 Å². The summed E-state index contributed by atoms with van der Waals surface area (Å²) in [6.45, 7) is 2.78. The molecule has 0 bridgehead atoms. The van der Waals surface area contributed by atoms with Crippen molar-refractivity contribution in [1.82, 2.24) is 0 Å². The zero-order valence-electron chi connectivity index (χ0n) is 13.0. The minimum absolute atomic E-state index is 0.252. The summed E-state index contributed by atoms with van der Waals surface area (Å²) in [5, 5.41) is 0. The average Bonchev–Trinajstić information content (AvgIpc) is 2.96. The molecule has 0 saturated carbocycles. The second-order valence-corrected chi connectivity index (χ2v) is 5.94. The second-order valence-electron chi connectivity index (χ2n) is 5.94. The van der Waals surface area contributed by atoms with Crippen LogP contribution in [0.1, 0.15) is 53.6 Å². The van der Waals surface area contributed by atoms with Crippen molar-refractivity contribution in [2.24, 2.45) is 0 Å². The summed E-state index contributed by atoms with van der Waals surface area (Å²) in [6, 6.07) is 16.3. The Morgan fingerprint density at radius 3 is 2.73 bits per heavy atom. The number of hydrogen-bond donors (Lipinski definition) is 0.